The third-order valence-corrected chi connectivity index (χ3v) is 2.22. The van der Waals surface area contributed by atoms with Crippen molar-refractivity contribution in [1.29, 1.82) is 0 Å². The fourth-order valence-corrected chi connectivity index (χ4v) is 1.76. The van der Waals surface area contributed by atoms with E-state index >= 15 is 0 Å². The van der Waals surface area contributed by atoms with Gasteiger partial charge in [-0.05, 0) is 13.8 Å². The molecule has 12 heavy (non-hydrogen) atoms. The first kappa shape index (κ1) is 8.23. The summed E-state index contributed by atoms with van der Waals surface area (Å²) in [4.78, 5) is 0. The molecule has 0 aromatic carbocycles. The zero-order chi connectivity index (χ0) is 8.77. The summed E-state index contributed by atoms with van der Waals surface area (Å²) in [5.41, 5.74) is 0. The summed E-state index contributed by atoms with van der Waals surface area (Å²) in [5.74, 6) is -0.496. The highest BCUT2D eigenvalue weighted by Crippen LogP contribution is 2.33. The van der Waals surface area contributed by atoms with Gasteiger partial charge < -0.3 is 14.6 Å². The minimum Gasteiger partial charge on any atom is -0.389 e. The molecule has 1 N–H and O–H groups in total. The van der Waals surface area contributed by atoms with Crippen molar-refractivity contribution < 1.29 is 14.6 Å². The molecule has 3 heteroatoms. The van der Waals surface area contributed by atoms with Gasteiger partial charge in [0.15, 0.2) is 5.79 Å². The zero-order valence-electron chi connectivity index (χ0n) is 7.36. The standard InChI is InChI=1S/C9H14O3/c1-9(2)11-7-4-3-6(10)5-8(7)12-9/h3-4,6-8,10H,5H2,1-2H3/t6?,7-,8+/m1/s1. The number of rotatable bonds is 0. The third-order valence-electron chi connectivity index (χ3n) is 2.22. The molecule has 1 fully saturated rings. The first-order valence-electron chi connectivity index (χ1n) is 4.29. The van der Waals surface area contributed by atoms with Crippen molar-refractivity contribution in [2.24, 2.45) is 0 Å². The highest BCUT2D eigenvalue weighted by Gasteiger charge is 2.41. The van der Waals surface area contributed by atoms with Crippen LogP contribution in [-0.2, 0) is 9.47 Å². The van der Waals surface area contributed by atoms with Crippen molar-refractivity contribution in [1.82, 2.24) is 0 Å². The zero-order valence-corrected chi connectivity index (χ0v) is 7.36. The highest BCUT2D eigenvalue weighted by molar-refractivity contribution is 5.06. The normalized spacial score (nSPS) is 44.4. The molecule has 1 unspecified atom stereocenters. The monoisotopic (exact) mass is 170 g/mol. The summed E-state index contributed by atoms with van der Waals surface area (Å²) in [6.45, 7) is 3.79. The van der Waals surface area contributed by atoms with Crippen molar-refractivity contribution in [2.75, 3.05) is 0 Å². The van der Waals surface area contributed by atoms with E-state index in [1.54, 1.807) is 6.08 Å². The smallest absolute Gasteiger partial charge is 0.164 e. The molecule has 3 nitrogen and oxygen atoms in total. The lowest BCUT2D eigenvalue weighted by Gasteiger charge is -2.20. The molecule has 0 amide bonds. The van der Waals surface area contributed by atoms with Crippen LogP contribution in [0, 0.1) is 0 Å². The summed E-state index contributed by atoms with van der Waals surface area (Å²) < 4.78 is 11.2. The van der Waals surface area contributed by atoms with Crippen LogP contribution in [0.15, 0.2) is 12.2 Å². The first-order valence-corrected chi connectivity index (χ1v) is 4.29. The van der Waals surface area contributed by atoms with Crippen LogP contribution in [0.1, 0.15) is 20.3 Å². The fourth-order valence-electron chi connectivity index (χ4n) is 1.76. The van der Waals surface area contributed by atoms with Crippen LogP contribution in [0.25, 0.3) is 0 Å². The second kappa shape index (κ2) is 2.55. The molecule has 0 aromatic rings. The number of aliphatic hydroxyl groups is 1. The number of ether oxygens (including phenoxy) is 2. The molecule has 0 radical (unpaired) electrons. The van der Waals surface area contributed by atoms with E-state index in [4.69, 9.17) is 9.47 Å². The summed E-state index contributed by atoms with van der Waals surface area (Å²) in [5, 5.41) is 9.30. The van der Waals surface area contributed by atoms with E-state index < -0.39 is 5.79 Å². The molecule has 1 aliphatic heterocycles. The average molecular weight is 170 g/mol. The number of hydrogen-bond acceptors (Lipinski definition) is 3. The summed E-state index contributed by atoms with van der Waals surface area (Å²) in [6.07, 6.45) is 3.98. The van der Waals surface area contributed by atoms with Crippen molar-refractivity contribution in [3.05, 3.63) is 12.2 Å². The summed E-state index contributed by atoms with van der Waals surface area (Å²) in [7, 11) is 0. The van der Waals surface area contributed by atoms with Crippen LogP contribution in [0.2, 0.25) is 0 Å². The van der Waals surface area contributed by atoms with E-state index in [0.29, 0.717) is 6.42 Å². The molecule has 0 spiro atoms. The van der Waals surface area contributed by atoms with E-state index in [2.05, 4.69) is 0 Å². The van der Waals surface area contributed by atoms with Gasteiger partial charge in [-0.1, -0.05) is 12.2 Å². The number of hydrogen-bond donors (Lipinski definition) is 1. The van der Waals surface area contributed by atoms with Gasteiger partial charge in [-0.15, -0.1) is 0 Å². The lowest BCUT2D eigenvalue weighted by molar-refractivity contribution is -0.144. The molecule has 0 saturated carbocycles. The quantitative estimate of drug-likeness (QED) is 0.547. The molecule has 3 atom stereocenters. The Labute approximate surface area is 72.0 Å². The Morgan fingerprint density at radius 1 is 1.33 bits per heavy atom. The van der Waals surface area contributed by atoms with Crippen molar-refractivity contribution in [3.63, 3.8) is 0 Å². The van der Waals surface area contributed by atoms with Gasteiger partial charge in [0.05, 0.1) is 12.2 Å². The molecule has 0 aromatic heterocycles. The Balaban J connectivity index is 2.12. The molecule has 0 bridgehead atoms. The number of fused-ring (bicyclic) bond motifs is 1. The molecular formula is C9H14O3. The second-order valence-electron chi connectivity index (χ2n) is 3.83. The maximum Gasteiger partial charge on any atom is 0.164 e. The van der Waals surface area contributed by atoms with Crippen LogP contribution in [0.4, 0.5) is 0 Å². The van der Waals surface area contributed by atoms with E-state index in [-0.39, 0.29) is 18.3 Å². The van der Waals surface area contributed by atoms with Gasteiger partial charge in [-0.3, -0.25) is 0 Å². The molecule has 1 aliphatic carbocycles. The largest absolute Gasteiger partial charge is 0.389 e. The van der Waals surface area contributed by atoms with Gasteiger partial charge in [0.1, 0.15) is 6.10 Å². The van der Waals surface area contributed by atoms with E-state index in [0.717, 1.165) is 0 Å². The molecule has 1 heterocycles. The summed E-state index contributed by atoms with van der Waals surface area (Å²) >= 11 is 0. The maximum absolute atomic E-state index is 9.30. The Hall–Kier alpha value is -0.380. The first-order chi connectivity index (χ1) is 5.57. The predicted octanol–water partition coefficient (Wildman–Crippen LogP) is 0.827. The van der Waals surface area contributed by atoms with E-state index in [9.17, 15) is 5.11 Å². The number of aliphatic hydroxyl groups excluding tert-OH is 1. The molecule has 2 rings (SSSR count). The molecule has 68 valence electrons. The predicted molar refractivity (Wildman–Crippen MR) is 43.6 cm³/mol. The molecule has 2 aliphatic rings. The van der Waals surface area contributed by atoms with Gasteiger partial charge in [0, 0.05) is 6.42 Å². The Morgan fingerprint density at radius 3 is 2.83 bits per heavy atom. The SMILES string of the molecule is CC1(C)O[C@H]2CC(O)C=C[C@H]2O1. The van der Waals surface area contributed by atoms with Gasteiger partial charge >= 0.3 is 0 Å². The van der Waals surface area contributed by atoms with E-state index in [1.807, 2.05) is 19.9 Å². The average Bonchev–Trinajstić information content (AvgIpc) is 2.21. The van der Waals surface area contributed by atoms with Crippen LogP contribution < -0.4 is 0 Å². The second-order valence-corrected chi connectivity index (χ2v) is 3.83. The molecule has 1 saturated heterocycles. The van der Waals surface area contributed by atoms with Crippen LogP contribution in [0.3, 0.4) is 0 Å². The van der Waals surface area contributed by atoms with E-state index in [1.165, 1.54) is 0 Å². The lowest BCUT2D eigenvalue weighted by Crippen LogP contribution is -2.29. The van der Waals surface area contributed by atoms with Crippen molar-refractivity contribution >= 4 is 0 Å². The summed E-state index contributed by atoms with van der Waals surface area (Å²) in [6, 6.07) is 0. The highest BCUT2D eigenvalue weighted by atomic mass is 16.7. The fraction of sp³-hybridized carbons (Fsp3) is 0.778. The van der Waals surface area contributed by atoms with Gasteiger partial charge in [-0.2, -0.15) is 0 Å². The van der Waals surface area contributed by atoms with Gasteiger partial charge in [0.2, 0.25) is 0 Å². The Morgan fingerprint density at radius 2 is 2.08 bits per heavy atom. The van der Waals surface area contributed by atoms with Crippen LogP contribution >= 0.6 is 0 Å². The Bertz CT molecular complexity index is 210. The minimum absolute atomic E-state index is 0.0278. The van der Waals surface area contributed by atoms with Crippen LogP contribution in [0.5, 0.6) is 0 Å². The lowest BCUT2D eigenvalue weighted by atomic mass is 10.00. The maximum atomic E-state index is 9.30. The molecular weight excluding hydrogens is 156 g/mol. The minimum atomic E-state index is -0.496. The van der Waals surface area contributed by atoms with Crippen molar-refractivity contribution in [3.8, 4) is 0 Å². The topological polar surface area (TPSA) is 38.7 Å². The van der Waals surface area contributed by atoms with Crippen molar-refractivity contribution in [2.45, 2.75) is 44.4 Å². The van der Waals surface area contributed by atoms with Gasteiger partial charge in [-0.25, -0.2) is 0 Å². The Kier molecular flexibility index (Phi) is 1.75. The third kappa shape index (κ3) is 1.40. The van der Waals surface area contributed by atoms with Gasteiger partial charge in [0.25, 0.3) is 0 Å². The van der Waals surface area contributed by atoms with Crippen LogP contribution in [-0.4, -0.2) is 29.2 Å².